The molecular weight excluding hydrogens is 264 g/mol. The molecule has 4 heteroatoms. The van der Waals surface area contributed by atoms with Crippen LogP contribution in [0.3, 0.4) is 0 Å². The lowest BCUT2D eigenvalue weighted by Gasteiger charge is -2.26. The molecule has 1 atom stereocenters. The van der Waals surface area contributed by atoms with Crippen LogP contribution in [-0.4, -0.2) is 15.8 Å². The molecule has 1 N–H and O–H groups in total. The lowest BCUT2D eigenvalue weighted by atomic mass is 9.79. The number of pyridine rings is 2. The normalized spacial score (nSPS) is 17.3. The molecule has 1 unspecified atom stereocenters. The zero-order chi connectivity index (χ0) is 15.0. The van der Waals surface area contributed by atoms with Crippen LogP contribution in [-0.2, 0) is 12.8 Å². The quantitative estimate of drug-likeness (QED) is 0.861. The van der Waals surface area contributed by atoms with E-state index in [4.69, 9.17) is 0 Å². The van der Waals surface area contributed by atoms with Crippen molar-refractivity contribution in [2.75, 3.05) is 0 Å². The van der Waals surface area contributed by atoms with Crippen molar-refractivity contribution in [3.8, 4) is 0 Å². The Hall–Kier alpha value is -2.23. The smallest absolute Gasteiger partial charge is 0.259 e. The van der Waals surface area contributed by atoms with Gasteiger partial charge in [0.1, 0.15) is 0 Å². The summed E-state index contributed by atoms with van der Waals surface area (Å²) in [6.45, 7) is 3.37. The minimum absolute atomic E-state index is 0.149. The fraction of sp³-hybridized carbons (Fsp3) is 0.353. The SMILES string of the molecule is CC(=O)c1c2c(c(C)[nH]c1=O)CC(c1ccccn1)CC2. The number of carbonyl (C=O) groups is 1. The monoisotopic (exact) mass is 282 g/mol. The number of fused-ring (bicyclic) bond motifs is 1. The summed E-state index contributed by atoms with van der Waals surface area (Å²) >= 11 is 0. The predicted octanol–water partition coefficient (Wildman–Crippen LogP) is 2.55. The summed E-state index contributed by atoms with van der Waals surface area (Å²) < 4.78 is 0. The Labute approximate surface area is 123 Å². The van der Waals surface area contributed by atoms with Crippen LogP contribution >= 0.6 is 0 Å². The molecule has 4 nitrogen and oxygen atoms in total. The van der Waals surface area contributed by atoms with Crippen molar-refractivity contribution >= 4 is 5.78 Å². The summed E-state index contributed by atoms with van der Waals surface area (Å²) in [5.41, 5.74) is 4.10. The maximum Gasteiger partial charge on any atom is 0.259 e. The number of aromatic nitrogens is 2. The van der Waals surface area contributed by atoms with E-state index in [2.05, 4.69) is 9.97 Å². The molecule has 1 aliphatic carbocycles. The molecule has 2 heterocycles. The van der Waals surface area contributed by atoms with Crippen LogP contribution in [0.2, 0.25) is 0 Å². The molecule has 0 saturated carbocycles. The number of aryl methyl sites for hydroxylation is 1. The van der Waals surface area contributed by atoms with Gasteiger partial charge >= 0.3 is 0 Å². The van der Waals surface area contributed by atoms with Crippen molar-refractivity contribution in [2.24, 2.45) is 0 Å². The zero-order valence-electron chi connectivity index (χ0n) is 12.3. The van der Waals surface area contributed by atoms with E-state index >= 15 is 0 Å². The third-order valence-corrected chi connectivity index (χ3v) is 4.30. The molecular formula is C17H18N2O2. The highest BCUT2D eigenvalue weighted by Crippen LogP contribution is 2.33. The maximum absolute atomic E-state index is 12.0. The fourth-order valence-electron chi connectivity index (χ4n) is 3.28. The van der Waals surface area contributed by atoms with Gasteiger partial charge in [0, 0.05) is 23.5 Å². The Balaban J connectivity index is 2.06. The van der Waals surface area contributed by atoms with E-state index < -0.39 is 0 Å². The van der Waals surface area contributed by atoms with Gasteiger partial charge < -0.3 is 4.98 Å². The fourth-order valence-corrected chi connectivity index (χ4v) is 3.28. The van der Waals surface area contributed by atoms with Gasteiger partial charge in [-0.15, -0.1) is 0 Å². The molecule has 0 bridgehead atoms. The third kappa shape index (κ3) is 2.42. The van der Waals surface area contributed by atoms with E-state index in [-0.39, 0.29) is 11.3 Å². The molecule has 0 radical (unpaired) electrons. The van der Waals surface area contributed by atoms with Crippen molar-refractivity contribution in [1.29, 1.82) is 0 Å². The number of nitrogens with zero attached hydrogens (tertiary/aromatic N) is 1. The van der Waals surface area contributed by atoms with Crippen LogP contribution in [0.5, 0.6) is 0 Å². The molecule has 2 aromatic rings. The number of hydrogen-bond donors (Lipinski definition) is 1. The highest BCUT2D eigenvalue weighted by atomic mass is 16.1. The number of carbonyl (C=O) groups excluding carboxylic acids is 1. The Kier molecular flexibility index (Phi) is 3.45. The summed E-state index contributed by atoms with van der Waals surface area (Å²) in [6, 6.07) is 5.96. The molecule has 0 fully saturated rings. The second-order valence-electron chi connectivity index (χ2n) is 5.66. The molecule has 0 saturated heterocycles. The van der Waals surface area contributed by atoms with Crippen molar-refractivity contribution < 1.29 is 4.79 Å². The van der Waals surface area contributed by atoms with Crippen LogP contribution in [0.1, 0.15) is 52.1 Å². The third-order valence-electron chi connectivity index (χ3n) is 4.30. The van der Waals surface area contributed by atoms with Gasteiger partial charge in [0.25, 0.3) is 5.56 Å². The number of aromatic amines is 1. The lowest BCUT2D eigenvalue weighted by Crippen LogP contribution is -2.26. The van der Waals surface area contributed by atoms with Gasteiger partial charge in [0.05, 0.1) is 5.56 Å². The van der Waals surface area contributed by atoms with E-state index in [0.717, 1.165) is 41.8 Å². The standard InChI is InChI=1S/C17H18N2O2/c1-10-14-9-12(15-5-3-4-8-18-15)6-7-13(14)16(11(2)20)17(21)19-10/h3-5,8,12H,6-7,9H2,1-2H3,(H,19,21). The Morgan fingerprint density at radius 3 is 2.81 bits per heavy atom. The van der Waals surface area contributed by atoms with Gasteiger partial charge in [-0.3, -0.25) is 14.6 Å². The number of hydrogen-bond acceptors (Lipinski definition) is 3. The van der Waals surface area contributed by atoms with E-state index in [1.165, 1.54) is 6.92 Å². The van der Waals surface area contributed by atoms with E-state index in [1.807, 2.05) is 31.3 Å². The van der Waals surface area contributed by atoms with Crippen molar-refractivity contribution in [3.63, 3.8) is 0 Å². The number of ketones is 1. The second-order valence-corrected chi connectivity index (χ2v) is 5.66. The molecule has 108 valence electrons. The summed E-state index contributed by atoms with van der Waals surface area (Å²) in [5, 5.41) is 0. The first-order valence-electron chi connectivity index (χ1n) is 7.24. The topological polar surface area (TPSA) is 62.8 Å². The molecule has 1 aliphatic rings. The predicted molar refractivity (Wildman–Crippen MR) is 80.8 cm³/mol. The number of Topliss-reactive ketones (excluding diaryl/α,β-unsaturated/α-hetero) is 1. The Morgan fingerprint density at radius 2 is 2.14 bits per heavy atom. The van der Waals surface area contributed by atoms with E-state index in [1.54, 1.807) is 0 Å². The van der Waals surface area contributed by atoms with Gasteiger partial charge in [0.2, 0.25) is 0 Å². The van der Waals surface area contributed by atoms with Crippen LogP contribution in [0, 0.1) is 6.92 Å². The molecule has 2 aromatic heterocycles. The number of nitrogens with one attached hydrogen (secondary N) is 1. The van der Waals surface area contributed by atoms with E-state index in [9.17, 15) is 9.59 Å². The second kappa shape index (κ2) is 5.28. The van der Waals surface area contributed by atoms with Gasteiger partial charge in [-0.25, -0.2) is 0 Å². The molecule has 21 heavy (non-hydrogen) atoms. The largest absolute Gasteiger partial charge is 0.326 e. The van der Waals surface area contributed by atoms with Crippen LogP contribution in [0.25, 0.3) is 0 Å². The molecule has 3 rings (SSSR count). The lowest BCUT2D eigenvalue weighted by molar-refractivity contribution is 0.101. The van der Waals surface area contributed by atoms with E-state index in [0.29, 0.717) is 11.5 Å². The average Bonchev–Trinajstić information content (AvgIpc) is 2.47. The maximum atomic E-state index is 12.0. The van der Waals surface area contributed by atoms with Crippen LogP contribution < -0.4 is 5.56 Å². The number of H-pyrrole nitrogens is 1. The van der Waals surface area contributed by atoms with Crippen LogP contribution in [0.15, 0.2) is 29.2 Å². The summed E-state index contributed by atoms with van der Waals surface area (Å²) in [7, 11) is 0. The Bertz CT molecular complexity index is 747. The minimum atomic E-state index is -0.255. The molecule has 0 aromatic carbocycles. The molecule has 0 aliphatic heterocycles. The first-order valence-corrected chi connectivity index (χ1v) is 7.24. The molecule has 0 amide bonds. The minimum Gasteiger partial charge on any atom is -0.326 e. The van der Waals surface area contributed by atoms with Crippen molar-refractivity contribution in [2.45, 2.75) is 39.0 Å². The molecule has 0 spiro atoms. The van der Waals surface area contributed by atoms with Gasteiger partial charge in [-0.1, -0.05) is 6.07 Å². The van der Waals surface area contributed by atoms with Gasteiger partial charge in [-0.2, -0.15) is 0 Å². The highest BCUT2D eigenvalue weighted by Gasteiger charge is 2.27. The number of rotatable bonds is 2. The first kappa shape index (κ1) is 13.7. The van der Waals surface area contributed by atoms with Gasteiger partial charge in [0.15, 0.2) is 5.78 Å². The summed E-state index contributed by atoms with van der Waals surface area (Å²) in [4.78, 5) is 31.0. The zero-order valence-corrected chi connectivity index (χ0v) is 12.3. The average molecular weight is 282 g/mol. The summed E-state index contributed by atoms with van der Waals surface area (Å²) in [6.07, 6.45) is 4.32. The van der Waals surface area contributed by atoms with Gasteiger partial charge in [-0.05, 0) is 56.4 Å². The highest BCUT2D eigenvalue weighted by molar-refractivity contribution is 5.95. The van der Waals surface area contributed by atoms with Crippen molar-refractivity contribution in [1.82, 2.24) is 9.97 Å². The Morgan fingerprint density at radius 1 is 1.33 bits per heavy atom. The summed E-state index contributed by atoms with van der Waals surface area (Å²) in [5.74, 6) is 0.201. The first-order chi connectivity index (χ1) is 10.1. The van der Waals surface area contributed by atoms with Crippen molar-refractivity contribution in [3.05, 3.63) is 62.8 Å². The van der Waals surface area contributed by atoms with Crippen LogP contribution in [0.4, 0.5) is 0 Å².